The molecule has 150 valence electrons. The highest BCUT2D eigenvalue weighted by Crippen LogP contribution is 2.39. The molecule has 29 heavy (non-hydrogen) atoms. The second-order valence-electron chi connectivity index (χ2n) is 8.59. The van der Waals surface area contributed by atoms with E-state index in [2.05, 4.69) is 52.8 Å². The highest BCUT2D eigenvalue weighted by atomic mass is 16.2. The quantitative estimate of drug-likeness (QED) is 0.675. The lowest BCUT2D eigenvalue weighted by Gasteiger charge is -2.39. The molecule has 1 amide bonds. The number of aromatic nitrogens is 1. The van der Waals surface area contributed by atoms with Gasteiger partial charge in [0.2, 0.25) is 5.91 Å². The van der Waals surface area contributed by atoms with Crippen molar-refractivity contribution in [2.24, 2.45) is 0 Å². The van der Waals surface area contributed by atoms with Crippen molar-refractivity contribution in [3.8, 4) is 0 Å². The summed E-state index contributed by atoms with van der Waals surface area (Å²) < 4.78 is 0. The number of anilines is 1. The minimum atomic E-state index is 0.203. The van der Waals surface area contributed by atoms with Crippen LogP contribution in [0.25, 0.3) is 10.9 Å². The number of carbonyl (C=O) groups excluding carboxylic acids is 1. The summed E-state index contributed by atoms with van der Waals surface area (Å²) in [5.41, 5.74) is 5.29. The van der Waals surface area contributed by atoms with Gasteiger partial charge in [-0.05, 0) is 91.4 Å². The van der Waals surface area contributed by atoms with Crippen LogP contribution in [-0.2, 0) is 16.6 Å². The Morgan fingerprint density at radius 1 is 1.00 bits per heavy atom. The molecule has 0 bridgehead atoms. The maximum atomic E-state index is 12.6. The molecular formula is C25H29N3O. The van der Waals surface area contributed by atoms with Gasteiger partial charge in [-0.25, -0.2) is 0 Å². The summed E-state index contributed by atoms with van der Waals surface area (Å²) >= 11 is 0. The monoisotopic (exact) mass is 387 g/mol. The molecule has 4 nitrogen and oxygen atoms in total. The molecule has 3 aromatic rings. The lowest BCUT2D eigenvalue weighted by molar-refractivity contribution is -0.118. The number of nitrogens with one attached hydrogen (secondary N) is 2. The van der Waals surface area contributed by atoms with Gasteiger partial charge in [-0.3, -0.25) is 4.79 Å². The van der Waals surface area contributed by atoms with Gasteiger partial charge >= 0.3 is 0 Å². The molecule has 5 rings (SSSR count). The van der Waals surface area contributed by atoms with Gasteiger partial charge in [0, 0.05) is 30.4 Å². The minimum Gasteiger partial charge on any atom is -0.361 e. The first-order valence-electron chi connectivity index (χ1n) is 10.9. The predicted molar refractivity (Wildman–Crippen MR) is 118 cm³/mol. The molecular weight excluding hydrogens is 358 g/mol. The van der Waals surface area contributed by atoms with Crippen LogP contribution in [0.1, 0.15) is 43.2 Å². The molecule has 0 atom stereocenters. The fourth-order valence-electron chi connectivity index (χ4n) is 5.29. The summed E-state index contributed by atoms with van der Waals surface area (Å²) in [5.74, 6) is 0.275. The third kappa shape index (κ3) is 3.46. The van der Waals surface area contributed by atoms with Crippen LogP contribution in [0.4, 0.5) is 5.69 Å². The molecule has 0 saturated carbocycles. The van der Waals surface area contributed by atoms with E-state index in [4.69, 9.17) is 0 Å². The van der Waals surface area contributed by atoms with E-state index in [-0.39, 0.29) is 11.3 Å². The van der Waals surface area contributed by atoms with E-state index in [9.17, 15) is 4.79 Å². The van der Waals surface area contributed by atoms with Gasteiger partial charge in [-0.2, -0.15) is 0 Å². The second kappa shape index (κ2) is 7.68. The number of para-hydroxylation sites is 1. The maximum Gasteiger partial charge on any atom is 0.227 e. The SMILES string of the molecule is O=C1CCc2ccccc2N1CCCC1(c2ccc3[nH]ccc3c2)CCNCC1. The highest BCUT2D eigenvalue weighted by molar-refractivity contribution is 5.96. The first kappa shape index (κ1) is 18.4. The molecule has 4 heteroatoms. The first-order chi connectivity index (χ1) is 14.3. The standard InChI is InChI=1S/C25H29N3O/c29-24-9-6-19-4-1-2-5-23(19)28(24)17-3-11-25(12-15-26-16-13-25)21-7-8-22-20(18-21)10-14-27-22/h1-2,4-5,7-8,10,14,18,26-27H,3,6,9,11-13,15-17H2. The van der Waals surface area contributed by atoms with E-state index in [1.165, 1.54) is 22.0 Å². The van der Waals surface area contributed by atoms with E-state index in [1.807, 2.05) is 17.2 Å². The summed E-state index contributed by atoms with van der Waals surface area (Å²) in [5, 5.41) is 4.82. The van der Waals surface area contributed by atoms with E-state index in [0.717, 1.165) is 57.4 Å². The van der Waals surface area contributed by atoms with Gasteiger partial charge in [-0.15, -0.1) is 0 Å². The van der Waals surface area contributed by atoms with Crippen LogP contribution in [0.5, 0.6) is 0 Å². The number of nitrogens with zero attached hydrogens (tertiary/aromatic N) is 1. The minimum absolute atomic E-state index is 0.203. The molecule has 2 N–H and O–H groups in total. The van der Waals surface area contributed by atoms with Crippen LogP contribution < -0.4 is 10.2 Å². The summed E-state index contributed by atoms with van der Waals surface area (Å²) in [7, 11) is 0. The van der Waals surface area contributed by atoms with E-state index in [0.29, 0.717) is 6.42 Å². The van der Waals surface area contributed by atoms with Gasteiger partial charge in [-0.1, -0.05) is 24.3 Å². The summed E-state index contributed by atoms with van der Waals surface area (Å²) in [4.78, 5) is 18.0. The van der Waals surface area contributed by atoms with Crippen LogP contribution >= 0.6 is 0 Å². The van der Waals surface area contributed by atoms with Gasteiger partial charge in [0.05, 0.1) is 0 Å². The largest absolute Gasteiger partial charge is 0.361 e. The number of hydrogen-bond acceptors (Lipinski definition) is 2. The Labute approximate surface area is 172 Å². The number of carbonyl (C=O) groups is 1. The second-order valence-corrected chi connectivity index (χ2v) is 8.59. The lowest BCUT2D eigenvalue weighted by Crippen LogP contribution is -2.41. The summed E-state index contributed by atoms with van der Waals surface area (Å²) in [6, 6.07) is 17.5. The van der Waals surface area contributed by atoms with Gasteiger partial charge in [0.1, 0.15) is 0 Å². The fraction of sp³-hybridized carbons (Fsp3) is 0.400. The van der Waals surface area contributed by atoms with Crippen LogP contribution in [0.2, 0.25) is 0 Å². The smallest absolute Gasteiger partial charge is 0.227 e. The average molecular weight is 388 g/mol. The van der Waals surface area contributed by atoms with Crippen molar-refractivity contribution in [1.29, 1.82) is 0 Å². The first-order valence-corrected chi connectivity index (χ1v) is 10.9. The Bertz CT molecular complexity index is 1020. The Morgan fingerprint density at radius 2 is 1.86 bits per heavy atom. The molecule has 3 heterocycles. The normalized spacial score (nSPS) is 18.8. The molecule has 1 aromatic heterocycles. The number of aromatic amines is 1. The number of amides is 1. The molecule has 1 saturated heterocycles. The fourth-order valence-corrected chi connectivity index (χ4v) is 5.29. The molecule has 0 spiro atoms. The average Bonchev–Trinajstić information content (AvgIpc) is 3.24. The molecule has 0 aliphatic carbocycles. The number of H-pyrrole nitrogens is 1. The van der Waals surface area contributed by atoms with Crippen LogP contribution in [0, 0.1) is 0 Å². The Balaban J connectivity index is 1.36. The molecule has 2 aromatic carbocycles. The zero-order valence-electron chi connectivity index (χ0n) is 16.9. The maximum absolute atomic E-state index is 12.6. The molecule has 2 aliphatic heterocycles. The van der Waals surface area contributed by atoms with Gasteiger partial charge in [0.15, 0.2) is 0 Å². The number of benzene rings is 2. The van der Waals surface area contributed by atoms with Crippen molar-refractivity contribution >= 4 is 22.5 Å². The van der Waals surface area contributed by atoms with Crippen molar-refractivity contribution in [3.63, 3.8) is 0 Å². The van der Waals surface area contributed by atoms with Crippen molar-refractivity contribution in [2.75, 3.05) is 24.5 Å². The van der Waals surface area contributed by atoms with Crippen LogP contribution in [0.3, 0.4) is 0 Å². The summed E-state index contributed by atoms with van der Waals surface area (Å²) in [6.07, 6.45) is 8.00. The van der Waals surface area contributed by atoms with Crippen molar-refractivity contribution < 1.29 is 4.79 Å². The van der Waals surface area contributed by atoms with Crippen molar-refractivity contribution in [3.05, 3.63) is 65.9 Å². The van der Waals surface area contributed by atoms with Gasteiger partial charge in [0.25, 0.3) is 0 Å². The van der Waals surface area contributed by atoms with Gasteiger partial charge < -0.3 is 15.2 Å². The molecule has 0 unspecified atom stereocenters. The molecule has 0 radical (unpaired) electrons. The zero-order valence-corrected chi connectivity index (χ0v) is 16.9. The lowest BCUT2D eigenvalue weighted by atomic mass is 9.70. The molecule has 1 fully saturated rings. The van der Waals surface area contributed by atoms with E-state index >= 15 is 0 Å². The summed E-state index contributed by atoms with van der Waals surface area (Å²) in [6.45, 7) is 2.95. The number of aryl methyl sites for hydroxylation is 1. The van der Waals surface area contributed by atoms with E-state index in [1.54, 1.807) is 0 Å². The highest BCUT2D eigenvalue weighted by Gasteiger charge is 2.34. The third-order valence-corrected chi connectivity index (χ3v) is 6.96. The Morgan fingerprint density at radius 3 is 2.76 bits per heavy atom. The predicted octanol–water partition coefficient (Wildman–Crippen LogP) is 4.55. The Hall–Kier alpha value is -2.59. The zero-order chi connectivity index (χ0) is 19.7. The van der Waals surface area contributed by atoms with Crippen molar-refractivity contribution in [1.82, 2.24) is 10.3 Å². The van der Waals surface area contributed by atoms with Crippen molar-refractivity contribution in [2.45, 2.75) is 43.9 Å². The van der Waals surface area contributed by atoms with E-state index < -0.39 is 0 Å². The Kier molecular flexibility index (Phi) is 4.88. The number of piperidine rings is 1. The van der Waals surface area contributed by atoms with Crippen LogP contribution in [0.15, 0.2) is 54.7 Å². The topological polar surface area (TPSA) is 48.1 Å². The number of hydrogen-bond donors (Lipinski definition) is 2. The molecule has 2 aliphatic rings. The third-order valence-electron chi connectivity index (χ3n) is 6.96. The number of rotatable bonds is 5. The van der Waals surface area contributed by atoms with Crippen LogP contribution in [-0.4, -0.2) is 30.5 Å². The number of fused-ring (bicyclic) bond motifs is 2.